The molecule has 0 amide bonds. The quantitative estimate of drug-likeness (QED) is 0.869. The topological polar surface area (TPSA) is 59.4 Å². The van der Waals surface area contributed by atoms with Gasteiger partial charge in [0, 0.05) is 0 Å². The number of carboxylic acid groups (broad SMARTS) is 1. The highest BCUT2D eigenvalue weighted by Crippen LogP contribution is 2.34. The molecule has 1 aromatic rings. The van der Waals surface area contributed by atoms with E-state index in [1.807, 2.05) is 0 Å². The van der Waals surface area contributed by atoms with E-state index in [4.69, 9.17) is 5.11 Å². The zero-order valence-electron chi connectivity index (χ0n) is 8.80. The summed E-state index contributed by atoms with van der Waals surface area (Å²) in [4.78, 5) is 12.4. The van der Waals surface area contributed by atoms with Gasteiger partial charge in [-0.15, -0.1) is 11.3 Å². The van der Waals surface area contributed by atoms with Gasteiger partial charge in [0.1, 0.15) is 16.5 Å². The zero-order chi connectivity index (χ0) is 14.8. The first-order valence-corrected chi connectivity index (χ1v) is 5.27. The average Bonchev–Trinajstić information content (AvgIpc) is 2.59. The smallest absolute Gasteiger partial charge is 0.435 e. The van der Waals surface area contributed by atoms with Crippen molar-refractivity contribution in [2.75, 3.05) is 6.61 Å². The molecule has 0 aliphatic heterocycles. The zero-order valence-corrected chi connectivity index (χ0v) is 9.62. The molecule has 0 saturated carbocycles. The number of carbonyl (C=O) groups is 1. The van der Waals surface area contributed by atoms with Crippen LogP contribution in [0.5, 0.6) is 0 Å². The van der Waals surface area contributed by atoms with Crippen molar-refractivity contribution in [3.63, 3.8) is 0 Å². The highest BCUT2D eigenvalue weighted by Gasteiger charge is 2.39. The number of aromatic nitrogens is 1. The van der Waals surface area contributed by atoms with E-state index >= 15 is 0 Å². The van der Waals surface area contributed by atoms with Gasteiger partial charge in [-0.2, -0.15) is 26.3 Å². The van der Waals surface area contributed by atoms with Gasteiger partial charge >= 0.3 is 18.3 Å². The lowest BCUT2D eigenvalue weighted by Gasteiger charge is -2.05. The summed E-state index contributed by atoms with van der Waals surface area (Å²) in [6.45, 7) is -2.50. The molecule has 0 radical (unpaired) electrons. The van der Waals surface area contributed by atoms with Crippen molar-refractivity contribution in [3.05, 3.63) is 15.6 Å². The van der Waals surface area contributed by atoms with E-state index in [-0.39, 0.29) is 11.3 Å². The predicted molar refractivity (Wildman–Crippen MR) is 49.8 cm³/mol. The third-order valence-corrected chi connectivity index (χ3v) is 2.64. The monoisotopic (exact) mass is 309 g/mol. The number of carboxylic acids is 1. The van der Waals surface area contributed by atoms with Crippen molar-refractivity contribution >= 4 is 17.3 Å². The van der Waals surface area contributed by atoms with Crippen LogP contribution in [0.4, 0.5) is 26.3 Å². The van der Waals surface area contributed by atoms with Gasteiger partial charge in [-0.3, -0.25) is 0 Å². The lowest BCUT2D eigenvalue weighted by Crippen LogP contribution is -2.16. The molecule has 0 bridgehead atoms. The summed E-state index contributed by atoms with van der Waals surface area (Å²) in [5.74, 6) is -1.85. The van der Waals surface area contributed by atoms with E-state index in [0.717, 1.165) is 0 Å². The molecule has 0 unspecified atom stereocenters. The first-order valence-electron chi connectivity index (χ1n) is 4.45. The molecule has 0 fully saturated rings. The SMILES string of the molecule is O=C(O)c1sc(COCC(F)(F)F)nc1C(F)(F)F. The highest BCUT2D eigenvalue weighted by molar-refractivity contribution is 7.13. The number of hydrogen-bond donors (Lipinski definition) is 1. The fourth-order valence-electron chi connectivity index (χ4n) is 1.02. The normalized spacial score (nSPS) is 12.7. The second kappa shape index (κ2) is 5.33. The molecule has 19 heavy (non-hydrogen) atoms. The predicted octanol–water partition coefficient (Wildman–Crippen LogP) is 2.94. The second-order valence-electron chi connectivity index (χ2n) is 3.20. The molecule has 1 heterocycles. The minimum absolute atomic E-state index is 0.122. The van der Waals surface area contributed by atoms with Crippen LogP contribution in [0.25, 0.3) is 0 Å². The molecule has 11 heteroatoms. The Bertz CT molecular complexity index is 466. The van der Waals surface area contributed by atoms with Gasteiger partial charge in [-0.1, -0.05) is 0 Å². The van der Waals surface area contributed by atoms with Gasteiger partial charge in [0.2, 0.25) is 0 Å². The third kappa shape index (κ3) is 4.67. The molecule has 108 valence electrons. The number of halogens is 6. The van der Waals surface area contributed by atoms with Crippen LogP contribution in [0.3, 0.4) is 0 Å². The molecular formula is C8H5F6NO3S. The summed E-state index contributed by atoms with van der Waals surface area (Å²) in [6, 6.07) is 0. The van der Waals surface area contributed by atoms with Crippen molar-refractivity contribution in [2.24, 2.45) is 0 Å². The van der Waals surface area contributed by atoms with E-state index < -0.39 is 47.1 Å². The van der Waals surface area contributed by atoms with Crippen LogP contribution in [0.1, 0.15) is 20.4 Å². The third-order valence-electron chi connectivity index (χ3n) is 1.63. The Labute approximate surface area is 105 Å². The lowest BCUT2D eigenvalue weighted by atomic mass is 10.3. The van der Waals surface area contributed by atoms with Crippen molar-refractivity contribution in [2.45, 2.75) is 19.0 Å². The van der Waals surface area contributed by atoms with Crippen molar-refractivity contribution in [1.82, 2.24) is 4.98 Å². The largest absolute Gasteiger partial charge is 0.477 e. The van der Waals surface area contributed by atoms with Gasteiger partial charge in [0.05, 0.1) is 6.61 Å². The summed E-state index contributed by atoms with van der Waals surface area (Å²) in [6.07, 6.45) is -9.62. The van der Waals surface area contributed by atoms with E-state index in [0.29, 0.717) is 0 Å². The molecule has 0 atom stereocenters. The molecule has 1 rings (SSSR count). The Balaban J connectivity index is 2.85. The number of alkyl halides is 6. The number of thiazole rings is 1. The van der Waals surface area contributed by atoms with Crippen LogP contribution in [0.15, 0.2) is 0 Å². The van der Waals surface area contributed by atoms with Gasteiger partial charge in [0.15, 0.2) is 5.69 Å². The Morgan fingerprint density at radius 1 is 1.26 bits per heavy atom. The van der Waals surface area contributed by atoms with Crippen LogP contribution in [-0.4, -0.2) is 28.8 Å². The maximum atomic E-state index is 12.4. The molecule has 0 aliphatic carbocycles. The van der Waals surface area contributed by atoms with Crippen molar-refractivity contribution < 1.29 is 41.0 Å². The van der Waals surface area contributed by atoms with Gasteiger partial charge in [0.25, 0.3) is 0 Å². The maximum Gasteiger partial charge on any atom is 0.435 e. The van der Waals surface area contributed by atoms with E-state index in [2.05, 4.69) is 9.72 Å². The molecular weight excluding hydrogens is 304 g/mol. The molecule has 0 spiro atoms. The maximum absolute atomic E-state index is 12.4. The van der Waals surface area contributed by atoms with Crippen LogP contribution in [-0.2, 0) is 17.5 Å². The van der Waals surface area contributed by atoms with Crippen LogP contribution in [0, 0.1) is 0 Å². The molecule has 1 N–H and O–H groups in total. The summed E-state index contributed by atoms with van der Waals surface area (Å²) in [5, 5.41) is 8.05. The average molecular weight is 309 g/mol. The van der Waals surface area contributed by atoms with E-state index in [1.165, 1.54) is 0 Å². The number of ether oxygens (including phenoxy) is 1. The van der Waals surface area contributed by atoms with E-state index in [1.54, 1.807) is 0 Å². The molecule has 0 saturated heterocycles. The number of hydrogen-bond acceptors (Lipinski definition) is 4. The summed E-state index contributed by atoms with van der Waals surface area (Å²) >= 11 is 0.122. The molecule has 0 aromatic carbocycles. The highest BCUT2D eigenvalue weighted by atomic mass is 32.1. The van der Waals surface area contributed by atoms with Crippen LogP contribution < -0.4 is 0 Å². The van der Waals surface area contributed by atoms with Gasteiger partial charge < -0.3 is 9.84 Å². The Kier molecular flexibility index (Phi) is 4.40. The lowest BCUT2D eigenvalue weighted by molar-refractivity contribution is -0.176. The minimum atomic E-state index is -4.99. The summed E-state index contributed by atoms with van der Waals surface area (Å²) in [7, 11) is 0. The first kappa shape index (κ1) is 15.7. The molecule has 0 aliphatic rings. The van der Waals surface area contributed by atoms with Crippen molar-refractivity contribution in [1.29, 1.82) is 0 Å². The molecule has 4 nitrogen and oxygen atoms in total. The van der Waals surface area contributed by atoms with Crippen molar-refractivity contribution in [3.8, 4) is 0 Å². The second-order valence-corrected chi connectivity index (χ2v) is 4.28. The standard InChI is InChI=1S/C8H5F6NO3S/c9-7(10,11)2-18-1-3-15-5(8(12,13)14)4(19-3)6(16)17/h1-2H2,(H,16,17). The fraction of sp³-hybridized carbons (Fsp3) is 0.500. The van der Waals surface area contributed by atoms with Crippen LogP contribution in [0.2, 0.25) is 0 Å². The summed E-state index contributed by atoms with van der Waals surface area (Å²) < 4.78 is 76.5. The van der Waals surface area contributed by atoms with Gasteiger partial charge in [-0.05, 0) is 0 Å². The number of nitrogens with zero attached hydrogens (tertiary/aromatic N) is 1. The van der Waals surface area contributed by atoms with Gasteiger partial charge in [-0.25, -0.2) is 9.78 Å². The summed E-state index contributed by atoms with van der Waals surface area (Å²) in [5.41, 5.74) is -1.64. The Hall–Kier alpha value is -1.36. The van der Waals surface area contributed by atoms with Crippen LogP contribution >= 0.6 is 11.3 Å². The fourth-order valence-corrected chi connectivity index (χ4v) is 1.88. The first-order chi connectivity index (χ1) is 8.50. The minimum Gasteiger partial charge on any atom is -0.477 e. The van der Waals surface area contributed by atoms with E-state index in [9.17, 15) is 31.1 Å². The number of aromatic carboxylic acids is 1. The molecule has 1 aromatic heterocycles. The Morgan fingerprint density at radius 3 is 2.21 bits per heavy atom. The Morgan fingerprint density at radius 2 is 1.84 bits per heavy atom. The number of rotatable bonds is 4.